The summed E-state index contributed by atoms with van der Waals surface area (Å²) >= 11 is 5.85. The quantitative estimate of drug-likeness (QED) is 0.341. The van der Waals surface area contributed by atoms with E-state index >= 15 is 0 Å². The SMILES string of the molecule is Cc1cc(CN(C(=O)c2ccc3nc(Cl)oc3c2)C2CCCC2)c(C)n1C.Cc1cc(CN)c(C)n1C. The van der Waals surface area contributed by atoms with Gasteiger partial charge in [-0.25, -0.2) is 0 Å². The second kappa shape index (κ2) is 11.2. The Labute approximate surface area is 224 Å². The molecule has 37 heavy (non-hydrogen) atoms. The van der Waals surface area contributed by atoms with Crippen molar-refractivity contribution in [3.05, 3.63) is 75.1 Å². The number of halogens is 1. The minimum atomic E-state index is 0.0391. The van der Waals surface area contributed by atoms with E-state index in [1.807, 2.05) is 11.0 Å². The first-order valence-electron chi connectivity index (χ1n) is 12.9. The zero-order valence-corrected chi connectivity index (χ0v) is 23.5. The van der Waals surface area contributed by atoms with Gasteiger partial charge in [0, 0.05) is 61.6 Å². The van der Waals surface area contributed by atoms with Gasteiger partial charge in [0.25, 0.3) is 11.3 Å². The predicted octanol–water partition coefficient (Wildman–Crippen LogP) is 6.12. The van der Waals surface area contributed by atoms with Crippen molar-refractivity contribution in [2.24, 2.45) is 19.8 Å². The summed E-state index contributed by atoms with van der Waals surface area (Å²) in [6.07, 6.45) is 4.48. The lowest BCUT2D eigenvalue weighted by Crippen LogP contribution is -2.38. The van der Waals surface area contributed by atoms with E-state index in [4.69, 9.17) is 21.8 Å². The van der Waals surface area contributed by atoms with Gasteiger partial charge in [-0.15, -0.1) is 0 Å². The van der Waals surface area contributed by atoms with Crippen LogP contribution in [0, 0.1) is 27.7 Å². The summed E-state index contributed by atoms with van der Waals surface area (Å²) in [6, 6.07) is 9.96. The van der Waals surface area contributed by atoms with Crippen LogP contribution in [0.5, 0.6) is 0 Å². The summed E-state index contributed by atoms with van der Waals surface area (Å²) < 4.78 is 9.73. The highest BCUT2D eigenvalue weighted by molar-refractivity contribution is 6.28. The summed E-state index contributed by atoms with van der Waals surface area (Å²) in [5.41, 5.74) is 14.8. The van der Waals surface area contributed by atoms with E-state index in [0.717, 1.165) is 12.8 Å². The molecule has 3 aromatic heterocycles. The van der Waals surface area contributed by atoms with Crippen molar-refractivity contribution >= 4 is 28.6 Å². The van der Waals surface area contributed by atoms with Crippen LogP contribution in [-0.4, -0.2) is 31.0 Å². The molecule has 7 nitrogen and oxygen atoms in total. The van der Waals surface area contributed by atoms with Crippen molar-refractivity contribution in [2.75, 3.05) is 0 Å². The number of carbonyl (C=O) groups is 1. The van der Waals surface area contributed by atoms with Crippen molar-refractivity contribution in [3.63, 3.8) is 0 Å². The maximum atomic E-state index is 13.4. The van der Waals surface area contributed by atoms with Crippen molar-refractivity contribution in [3.8, 4) is 0 Å². The normalized spacial score (nSPS) is 13.7. The molecule has 0 atom stereocenters. The van der Waals surface area contributed by atoms with Crippen molar-refractivity contribution in [1.29, 1.82) is 0 Å². The number of aromatic nitrogens is 3. The van der Waals surface area contributed by atoms with Gasteiger partial charge in [-0.2, -0.15) is 4.98 Å². The fraction of sp³-hybridized carbons (Fsp3) is 0.448. The Balaban J connectivity index is 0.000000270. The third kappa shape index (κ3) is 5.63. The Morgan fingerprint density at radius 1 is 1.03 bits per heavy atom. The Hall–Kier alpha value is -3.03. The van der Waals surface area contributed by atoms with Crippen LogP contribution in [0.4, 0.5) is 0 Å². The molecule has 8 heteroatoms. The zero-order chi connectivity index (χ0) is 26.9. The zero-order valence-electron chi connectivity index (χ0n) is 22.8. The number of oxazole rings is 1. The number of nitrogens with zero attached hydrogens (tertiary/aromatic N) is 4. The van der Waals surface area contributed by atoms with Crippen LogP contribution in [-0.2, 0) is 27.2 Å². The van der Waals surface area contributed by atoms with E-state index in [-0.39, 0.29) is 17.3 Å². The molecule has 2 N–H and O–H groups in total. The van der Waals surface area contributed by atoms with E-state index in [9.17, 15) is 4.79 Å². The van der Waals surface area contributed by atoms with E-state index in [2.05, 4.69) is 68.0 Å². The van der Waals surface area contributed by atoms with Crippen LogP contribution in [0.25, 0.3) is 11.1 Å². The van der Waals surface area contributed by atoms with Crippen LogP contribution in [0.1, 0.15) is 69.9 Å². The molecular weight excluding hydrogens is 486 g/mol. The van der Waals surface area contributed by atoms with Gasteiger partial charge in [-0.3, -0.25) is 4.79 Å². The van der Waals surface area contributed by atoms with Gasteiger partial charge in [0.1, 0.15) is 5.52 Å². The van der Waals surface area contributed by atoms with Crippen LogP contribution >= 0.6 is 11.6 Å². The fourth-order valence-electron chi connectivity index (χ4n) is 5.19. The molecule has 3 heterocycles. The third-order valence-corrected chi connectivity index (χ3v) is 8.12. The molecule has 198 valence electrons. The number of nitrogens with two attached hydrogens (primary N) is 1. The highest BCUT2D eigenvalue weighted by Crippen LogP contribution is 2.29. The highest BCUT2D eigenvalue weighted by atomic mass is 35.5. The first-order valence-corrected chi connectivity index (χ1v) is 13.3. The molecule has 1 fully saturated rings. The summed E-state index contributed by atoms with van der Waals surface area (Å²) in [5, 5.41) is 0.0950. The van der Waals surface area contributed by atoms with Gasteiger partial charge in [-0.05, 0) is 93.6 Å². The van der Waals surface area contributed by atoms with Gasteiger partial charge in [0.15, 0.2) is 5.58 Å². The molecule has 0 saturated heterocycles. The van der Waals surface area contributed by atoms with E-state index in [0.29, 0.717) is 29.8 Å². The maximum absolute atomic E-state index is 13.4. The minimum Gasteiger partial charge on any atom is -0.428 e. The van der Waals surface area contributed by atoms with Gasteiger partial charge in [0.2, 0.25) is 0 Å². The van der Waals surface area contributed by atoms with E-state index < -0.39 is 0 Å². The molecule has 0 radical (unpaired) electrons. The van der Waals surface area contributed by atoms with Gasteiger partial charge in [0.05, 0.1) is 0 Å². The summed E-state index contributed by atoms with van der Waals surface area (Å²) in [6.45, 7) is 9.67. The number of hydrogen-bond donors (Lipinski definition) is 1. The number of amides is 1. The number of rotatable bonds is 5. The van der Waals surface area contributed by atoms with Gasteiger partial charge < -0.3 is 24.2 Å². The third-order valence-electron chi connectivity index (χ3n) is 7.96. The van der Waals surface area contributed by atoms with Crippen molar-refractivity contribution < 1.29 is 9.21 Å². The second-order valence-electron chi connectivity index (χ2n) is 10.1. The molecule has 0 unspecified atom stereocenters. The molecule has 1 amide bonds. The molecule has 5 rings (SSSR count). The standard InChI is InChI=1S/C21H24ClN3O2.C8H14N2/c1-13-10-16(14(2)24(13)3)12-25(17-6-4-5-7-17)20(26)15-8-9-18-19(11-15)27-21(22)23-18;1-6-4-8(5-9)7(2)10(6)3/h8-11,17H,4-7,12H2,1-3H3;4H,5,9H2,1-3H3. The largest absolute Gasteiger partial charge is 0.428 e. The average Bonchev–Trinajstić information content (AvgIpc) is 3.64. The molecule has 0 aliphatic heterocycles. The number of carbonyl (C=O) groups excluding carboxylic acids is 1. The van der Waals surface area contributed by atoms with Crippen LogP contribution < -0.4 is 5.73 Å². The van der Waals surface area contributed by atoms with Crippen LogP contribution in [0.3, 0.4) is 0 Å². The lowest BCUT2D eigenvalue weighted by Gasteiger charge is -2.29. The Kier molecular flexibility index (Phi) is 8.14. The highest BCUT2D eigenvalue weighted by Gasteiger charge is 2.29. The average molecular weight is 524 g/mol. The first-order chi connectivity index (χ1) is 17.6. The Morgan fingerprint density at radius 2 is 1.62 bits per heavy atom. The minimum absolute atomic E-state index is 0.0391. The predicted molar refractivity (Wildman–Crippen MR) is 149 cm³/mol. The van der Waals surface area contributed by atoms with Crippen LogP contribution in [0.15, 0.2) is 34.7 Å². The Bertz CT molecular complexity index is 1410. The van der Waals surface area contributed by atoms with Crippen molar-refractivity contribution in [2.45, 2.75) is 72.5 Å². The second-order valence-corrected chi connectivity index (χ2v) is 10.5. The monoisotopic (exact) mass is 523 g/mol. The summed E-state index contributed by atoms with van der Waals surface area (Å²) in [4.78, 5) is 19.5. The molecule has 4 aromatic rings. The van der Waals surface area contributed by atoms with Gasteiger partial charge in [-0.1, -0.05) is 12.8 Å². The summed E-state index contributed by atoms with van der Waals surface area (Å²) in [7, 11) is 4.13. The smallest absolute Gasteiger partial charge is 0.293 e. The van der Waals surface area contributed by atoms with Gasteiger partial charge >= 0.3 is 0 Å². The molecule has 0 spiro atoms. The molecule has 1 saturated carbocycles. The number of fused-ring (bicyclic) bond motifs is 1. The molecule has 1 aliphatic carbocycles. The van der Waals surface area contributed by atoms with Crippen LogP contribution in [0.2, 0.25) is 5.35 Å². The number of aryl methyl sites for hydroxylation is 2. The lowest BCUT2D eigenvalue weighted by molar-refractivity contribution is 0.0664. The molecule has 0 bridgehead atoms. The van der Waals surface area contributed by atoms with Crippen molar-refractivity contribution in [1.82, 2.24) is 19.0 Å². The fourth-order valence-corrected chi connectivity index (χ4v) is 5.37. The Morgan fingerprint density at radius 3 is 2.14 bits per heavy atom. The lowest BCUT2D eigenvalue weighted by atomic mass is 10.1. The topological polar surface area (TPSA) is 82.2 Å². The molecular formula is C29H38ClN5O2. The number of hydrogen-bond acceptors (Lipinski definition) is 4. The van der Waals surface area contributed by atoms with E-state index in [1.165, 1.54) is 46.7 Å². The molecule has 1 aliphatic rings. The molecule has 1 aromatic carbocycles. The van der Waals surface area contributed by atoms with E-state index in [1.54, 1.807) is 12.1 Å². The number of benzene rings is 1. The first kappa shape index (κ1) is 27.0. The maximum Gasteiger partial charge on any atom is 0.293 e. The summed E-state index contributed by atoms with van der Waals surface area (Å²) in [5.74, 6) is 0.0391.